The number of hydrogen-bond acceptors (Lipinski definition) is 0. The van der Waals surface area contributed by atoms with Gasteiger partial charge >= 0.3 is 6.33 Å². The van der Waals surface area contributed by atoms with E-state index in [2.05, 4.69) is 18.5 Å². The predicted molar refractivity (Wildman–Crippen MR) is 42.9 cm³/mol. The Morgan fingerprint density at radius 1 is 1.36 bits per heavy atom. The van der Waals surface area contributed by atoms with Crippen LogP contribution in [0, 0.1) is 6.33 Å². The Balaban J connectivity index is 2.95. The van der Waals surface area contributed by atoms with Crippen molar-refractivity contribution >= 4 is 11.0 Å². The molecule has 0 saturated carbocycles. The Labute approximate surface area is 65.7 Å². The molecule has 2 heteroatoms. The molecule has 0 aliphatic heterocycles. The van der Waals surface area contributed by atoms with Crippen LogP contribution in [0.2, 0.25) is 0 Å². The van der Waals surface area contributed by atoms with Crippen LogP contribution in [-0.2, 0) is 14.1 Å². The highest BCUT2D eigenvalue weighted by Gasteiger charge is 2.08. The van der Waals surface area contributed by atoms with Crippen LogP contribution in [0.15, 0.2) is 24.3 Å². The van der Waals surface area contributed by atoms with Gasteiger partial charge in [-0.25, -0.2) is 9.13 Å². The summed E-state index contributed by atoms with van der Waals surface area (Å²) in [5.41, 5.74) is 2.44. The Kier molecular flexibility index (Phi) is 1.22. The first kappa shape index (κ1) is 6.40. The number of nitrogens with zero attached hydrogens (tertiary/aromatic N) is 2. The van der Waals surface area contributed by atoms with Gasteiger partial charge in [0.15, 0.2) is 11.0 Å². The third kappa shape index (κ3) is 0.827. The Morgan fingerprint density at radius 2 is 2.09 bits per heavy atom. The molecule has 0 aliphatic carbocycles. The lowest BCUT2D eigenvalue weighted by Crippen LogP contribution is -2.25. The van der Waals surface area contributed by atoms with Crippen LogP contribution in [0.5, 0.6) is 0 Å². The maximum atomic E-state index is 3.15. The largest absolute Gasteiger partial charge is 0.373 e. The summed E-state index contributed by atoms with van der Waals surface area (Å²) in [5, 5.41) is 0. The average molecular weight is 146 g/mol. The number of imidazole rings is 1. The van der Waals surface area contributed by atoms with Crippen molar-refractivity contribution in [3.63, 3.8) is 0 Å². The van der Waals surface area contributed by atoms with Crippen molar-refractivity contribution in [1.29, 1.82) is 0 Å². The monoisotopic (exact) mass is 146 g/mol. The molecule has 1 aromatic carbocycles. The second-order valence-corrected chi connectivity index (χ2v) is 2.71. The van der Waals surface area contributed by atoms with Crippen molar-refractivity contribution in [2.45, 2.75) is 0 Å². The molecule has 0 bridgehead atoms. The van der Waals surface area contributed by atoms with Crippen molar-refractivity contribution in [2.24, 2.45) is 14.1 Å². The van der Waals surface area contributed by atoms with E-state index in [4.69, 9.17) is 0 Å². The number of rotatable bonds is 0. The molecule has 1 heterocycles. The van der Waals surface area contributed by atoms with Gasteiger partial charge in [0.05, 0.1) is 14.1 Å². The zero-order valence-electron chi connectivity index (χ0n) is 6.70. The van der Waals surface area contributed by atoms with E-state index in [0.29, 0.717) is 0 Å². The molecule has 55 valence electrons. The number of hydrogen-bond donors (Lipinski definition) is 0. The van der Waals surface area contributed by atoms with Crippen LogP contribution in [-0.4, -0.2) is 4.57 Å². The van der Waals surface area contributed by atoms with Crippen LogP contribution < -0.4 is 4.57 Å². The summed E-state index contributed by atoms with van der Waals surface area (Å²) in [6.07, 6.45) is 3.15. The average Bonchev–Trinajstić information content (AvgIpc) is 2.30. The zero-order chi connectivity index (χ0) is 7.84. The van der Waals surface area contributed by atoms with Crippen molar-refractivity contribution in [2.75, 3.05) is 0 Å². The molecule has 0 N–H and O–H groups in total. The third-order valence-electron chi connectivity index (χ3n) is 1.90. The van der Waals surface area contributed by atoms with Gasteiger partial charge < -0.3 is 0 Å². The molecular formula is C9H10N2+. The van der Waals surface area contributed by atoms with Crippen LogP contribution in [0.3, 0.4) is 0 Å². The van der Waals surface area contributed by atoms with Gasteiger partial charge in [0, 0.05) is 0 Å². The smallest absolute Gasteiger partial charge is 0.219 e. The van der Waals surface area contributed by atoms with Gasteiger partial charge in [-0.15, -0.1) is 0 Å². The minimum absolute atomic E-state index is 1.22. The standard InChI is InChI=1S/C9H10N2/c1-10-7-11(2)9-6-4-3-5-8(9)10/h3-6H,1-2H3/q+1. The van der Waals surface area contributed by atoms with Crippen LogP contribution in [0.1, 0.15) is 0 Å². The molecule has 11 heavy (non-hydrogen) atoms. The summed E-state index contributed by atoms with van der Waals surface area (Å²) in [4.78, 5) is 0. The topological polar surface area (TPSA) is 8.81 Å². The van der Waals surface area contributed by atoms with E-state index in [-0.39, 0.29) is 0 Å². The number of para-hydroxylation sites is 2. The van der Waals surface area contributed by atoms with Crippen LogP contribution >= 0.6 is 0 Å². The van der Waals surface area contributed by atoms with Crippen molar-refractivity contribution < 1.29 is 4.57 Å². The molecule has 0 fully saturated rings. The summed E-state index contributed by atoms with van der Waals surface area (Å²) in [6, 6.07) is 8.25. The second-order valence-electron chi connectivity index (χ2n) is 2.71. The van der Waals surface area contributed by atoms with Gasteiger partial charge in [-0.2, -0.15) is 0 Å². The fraction of sp³-hybridized carbons (Fsp3) is 0.222. The Hall–Kier alpha value is -1.31. The summed E-state index contributed by atoms with van der Waals surface area (Å²) in [5.74, 6) is 0. The lowest BCUT2D eigenvalue weighted by atomic mass is 10.3. The maximum absolute atomic E-state index is 3.15. The number of aromatic nitrogens is 2. The molecule has 0 spiro atoms. The zero-order valence-corrected chi connectivity index (χ0v) is 6.70. The van der Waals surface area contributed by atoms with E-state index >= 15 is 0 Å². The van der Waals surface area contributed by atoms with E-state index in [0.717, 1.165) is 0 Å². The molecule has 0 atom stereocenters. The summed E-state index contributed by atoms with van der Waals surface area (Å²) in [7, 11) is 4.00. The van der Waals surface area contributed by atoms with Gasteiger partial charge in [-0.05, 0) is 12.1 Å². The SMILES string of the molecule is Cn1[c][n+](C)c2ccccc21. The molecule has 1 aromatic heterocycles. The molecule has 0 unspecified atom stereocenters. The highest BCUT2D eigenvalue weighted by atomic mass is 15.1. The summed E-state index contributed by atoms with van der Waals surface area (Å²) in [6.45, 7) is 0. The summed E-state index contributed by atoms with van der Waals surface area (Å²) >= 11 is 0. The minimum atomic E-state index is 1.22. The first-order valence-electron chi connectivity index (χ1n) is 3.62. The molecule has 0 saturated heterocycles. The lowest BCUT2D eigenvalue weighted by Gasteiger charge is -1.84. The molecule has 0 amide bonds. The molecular weight excluding hydrogens is 136 g/mol. The van der Waals surface area contributed by atoms with Crippen molar-refractivity contribution in [3.8, 4) is 0 Å². The quantitative estimate of drug-likeness (QED) is 0.486. The number of fused-ring (bicyclic) bond motifs is 1. The van der Waals surface area contributed by atoms with E-state index < -0.39 is 0 Å². The number of benzene rings is 1. The predicted octanol–water partition coefficient (Wildman–Crippen LogP) is 0.803. The maximum Gasteiger partial charge on any atom is 0.373 e. The van der Waals surface area contributed by atoms with Crippen molar-refractivity contribution in [3.05, 3.63) is 30.6 Å². The first-order valence-corrected chi connectivity index (χ1v) is 3.62. The first-order chi connectivity index (χ1) is 5.29. The lowest BCUT2D eigenvalue weighted by molar-refractivity contribution is -0.650. The van der Waals surface area contributed by atoms with E-state index in [1.807, 2.05) is 35.4 Å². The Bertz CT molecular complexity index is 351. The second kappa shape index (κ2) is 2.09. The molecule has 1 radical (unpaired) electrons. The van der Waals surface area contributed by atoms with Gasteiger partial charge in [-0.3, -0.25) is 0 Å². The molecule has 2 rings (SSSR count). The van der Waals surface area contributed by atoms with Gasteiger partial charge in [0.2, 0.25) is 0 Å². The van der Waals surface area contributed by atoms with Gasteiger partial charge in [0.25, 0.3) is 0 Å². The third-order valence-corrected chi connectivity index (χ3v) is 1.90. The molecule has 2 nitrogen and oxygen atoms in total. The highest BCUT2D eigenvalue weighted by molar-refractivity contribution is 5.71. The van der Waals surface area contributed by atoms with E-state index in [1.54, 1.807) is 0 Å². The molecule has 2 aromatic rings. The van der Waals surface area contributed by atoms with E-state index in [1.165, 1.54) is 11.0 Å². The molecule has 0 aliphatic rings. The normalized spacial score (nSPS) is 10.7. The van der Waals surface area contributed by atoms with Crippen LogP contribution in [0.4, 0.5) is 0 Å². The van der Waals surface area contributed by atoms with Gasteiger partial charge in [-0.1, -0.05) is 12.1 Å². The van der Waals surface area contributed by atoms with Crippen molar-refractivity contribution in [1.82, 2.24) is 4.57 Å². The Morgan fingerprint density at radius 3 is 2.82 bits per heavy atom. The summed E-state index contributed by atoms with van der Waals surface area (Å²) < 4.78 is 3.99. The van der Waals surface area contributed by atoms with Crippen LogP contribution in [0.25, 0.3) is 11.0 Å². The fourth-order valence-corrected chi connectivity index (χ4v) is 1.36. The highest BCUT2D eigenvalue weighted by Crippen LogP contribution is 2.06. The number of aryl methyl sites for hydroxylation is 2. The van der Waals surface area contributed by atoms with E-state index in [9.17, 15) is 0 Å². The fourth-order valence-electron chi connectivity index (χ4n) is 1.36. The van der Waals surface area contributed by atoms with Gasteiger partial charge in [0.1, 0.15) is 0 Å². The minimum Gasteiger partial charge on any atom is -0.219 e.